The zero-order valence-electron chi connectivity index (χ0n) is 20.0. The van der Waals surface area contributed by atoms with Gasteiger partial charge in [-0.25, -0.2) is 13.1 Å². The number of benzene rings is 1. The Hall–Kier alpha value is -1.70. The summed E-state index contributed by atoms with van der Waals surface area (Å²) in [4.78, 5) is 18.2. The van der Waals surface area contributed by atoms with Gasteiger partial charge < -0.3 is 9.88 Å². The predicted molar refractivity (Wildman–Crippen MR) is 131 cm³/mol. The Morgan fingerprint density at radius 2 is 1.91 bits per heavy atom. The number of aromatic nitrogens is 1. The summed E-state index contributed by atoms with van der Waals surface area (Å²) in [6.07, 6.45) is 8.43. The van der Waals surface area contributed by atoms with Gasteiger partial charge in [-0.2, -0.15) is 0 Å². The van der Waals surface area contributed by atoms with Crippen LogP contribution in [0.3, 0.4) is 0 Å². The van der Waals surface area contributed by atoms with Crippen molar-refractivity contribution in [2.75, 3.05) is 25.9 Å². The summed E-state index contributed by atoms with van der Waals surface area (Å²) in [7, 11) is -3.24. The van der Waals surface area contributed by atoms with E-state index in [1.54, 1.807) is 0 Å². The maximum Gasteiger partial charge on any atom is 0.209 e. The van der Waals surface area contributed by atoms with Crippen LogP contribution >= 0.6 is 0 Å². The van der Waals surface area contributed by atoms with Crippen LogP contribution in [0.1, 0.15) is 58.4 Å². The number of ketones is 1. The minimum absolute atomic E-state index is 0.125. The highest BCUT2D eigenvalue weighted by Gasteiger charge is 2.31. The summed E-state index contributed by atoms with van der Waals surface area (Å²) in [6.45, 7) is 8.76. The van der Waals surface area contributed by atoms with Gasteiger partial charge in [0.05, 0.1) is 6.26 Å². The van der Waals surface area contributed by atoms with E-state index in [0.29, 0.717) is 31.1 Å². The number of aromatic amines is 1. The van der Waals surface area contributed by atoms with Crippen molar-refractivity contribution in [1.82, 2.24) is 14.6 Å². The Morgan fingerprint density at radius 3 is 2.56 bits per heavy atom. The van der Waals surface area contributed by atoms with Crippen molar-refractivity contribution in [2.24, 2.45) is 11.3 Å². The standard InChI is InChI=1S/C25H39N3O3S/c1-25(2,3)24(27-32(4,30)31)18-28-14-12-19(13-15-28)16-21(29)9-7-8-20-17-26-23-11-6-5-10-22(20)23/h5-6,10-11,17,19,24,26-27H,7-9,12-16,18H2,1-4H3. The lowest BCUT2D eigenvalue weighted by Crippen LogP contribution is -2.51. The molecule has 1 fully saturated rings. The molecule has 0 radical (unpaired) electrons. The number of likely N-dealkylation sites (tertiary alicyclic amines) is 1. The fourth-order valence-electron chi connectivity index (χ4n) is 4.62. The van der Waals surface area contributed by atoms with E-state index in [1.165, 1.54) is 17.2 Å². The largest absolute Gasteiger partial charge is 0.361 e. The smallest absolute Gasteiger partial charge is 0.209 e. The zero-order chi connectivity index (χ0) is 23.4. The summed E-state index contributed by atoms with van der Waals surface area (Å²) in [5, 5.41) is 1.26. The van der Waals surface area contributed by atoms with Crippen LogP contribution in [-0.2, 0) is 21.2 Å². The number of sulfonamides is 1. The molecule has 1 aromatic carbocycles. The number of nitrogens with zero attached hydrogens (tertiary/aromatic N) is 1. The molecule has 1 aromatic heterocycles. The quantitative estimate of drug-likeness (QED) is 0.557. The van der Waals surface area contributed by atoms with Gasteiger partial charge >= 0.3 is 0 Å². The average molecular weight is 462 g/mol. The molecule has 1 atom stereocenters. The molecule has 2 N–H and O–H groups in total. The number of nitrogens with one attached hydrogen (secondary N) is 2. The van der Waals surface area contributed by atoms with Crippen molar-refractivity contribution in [1.29, 1.82) is 0 Å². The second-order valence-electron chi connectivity index (χ2n) is 10.5. The van der Waals surface area contributed by atoms with Gasteiger partial charge in [-0.15, -0.1) is 0 Å². The van der Waals surface area contributed by atoms with Crippen LogP contribution in [0, 0.1) is 11.3 Å². The molecule has 2 heterocycles. The minimum Gasteiger partial charge on any atom is -0.361 e. The van der Waals surface area contributed by atoms with E-state index in [0.717, 1.165) is 44.3 Å². The van der Waals surface area contributed by atoms with Crippen LogP contribution in [-0.4, -0.2) is 56.0 Å². The maximum atomic E-state index is 12.6. The summed E-state index contributed by atoms with van der Waals surface area (Å²) in [6, 6.07) is 8.17. The SMILES string of the molecule is CC(C)(C)C(CN1CCC(CC(=O)CCCc2c[nH]c3ccccc23)CC1)NS(C)(=O)=O. The first kappa shape index (κ1) is 24.9. The van der Waals surface area contributed by atoms with Gasteiger partial charge in [0.25, 0.3) is 0 Å². The number of hydrogen-bond acceptors (Lipinski definition) is 4. The van der Waals surface area contributed by atoms with E-state index in [1.807, 2.05) is 6.07 Å². The number of rotatable bonds is 10. The average Bonchev–Trinajstić information content (AvgIpc) is 3.10. The van der Waals surface area contributed by atoms with Crippen LogP contribution < -0.4 is 4.72 Å². The fourth-order valence-corrected chi connectivity index (χ4v) is 5.56. The second kappa shape index (κ2) is 10.5. The van der Waals surface area contributed by atoms with Crippen LogP contribution in [0.25, 0.3) is 10.9 Å². The van der Waals surface area contributed by atoms with Gasteiger partial charge in [-0.05, 0) is 61.7 Å². The van der Waals surface area contributed by atoms with E-state index >= 15 is 0 Å². The van der Waals surface area contributed by atoms with E-state index in [9.17, 15) is 13.2 Å². The number of hydrogen-bond donors (Lipinski definition) is 2. The molecular weight excluding hydrogens is 422 g/mol. The Bertz CT molecular complexity index is 999. The molecule has 1 aliphatic rings. The Balaban J connectivity index is 1.40. The molecule has 7 heteroatoms. The van der Waals surface area contributed by atoms with Gasteiger partial charge in [-0.1, -0.05) is 39.0 Å². The first-order valence-corrected chi connectivity index (χ1v) is 13.7. The van der Waals surface area contributed by atoms with E-state index < -0.39 is 10.0 Å². The van der Waals surface area contributed by atoms with Gasteiger partial charge in [0, 0.05) is 42.5 Å². The van der Waals surface area contributed by atoms with Crippen molar-refractivity contribution in [2.45, 2.75) is 65.3 Å². The van der Waals surface area contributed by atoms with Crippen LogP contribution in [0.4, 0.5) is 0 Å². The fraction of sp³-hybridized carbons (Fsp3) is 0.640. The molecule has 32 heavy (non-hydrogen) atoms. The molecular formula is C25H39N3O3S. The highest BCUT2D eigenvalue weighted by Crippen LogP contribution is 2.26. The lowest BCUT2D eigenvalue weighted by atomic mass is 9.85. The third-order valence-corrected chi connectivity index (χ3v) is 7.36. The summed E-state index contributed by atoms with van der Waals surface area (Å²) in [5.74, 6) is 0.817. The predicted octanol–water partition coefficient (Wildman–Crippen LogP) is 4.13. The third kappa shape index (κ3) is 7.42. The molecule has 0 amide bonds. The van der Waals surface area contributed by atoms with Crippen LogP contribution in [0.5, 0.6) is 0 Å². The molecule has 0 bridgehead atoms. The minimum atomic E-state index is -3.24. The topological polar surface area (TPSA) is 82.3 Å². The number of fused-ring (bicyclic) bond motifs is 1. The number of carbonyl (C=O) groups is 1. The second-order valence-corrected chi connectivity index (χ2v) is 12.3. The van der Waals surface area contributed by atoms with Crippen molar-refractivity contribution < 1.29 is 13.2 Å². The van der Waals surface area contributed by atoms with E-state index in [2.05, 4.69) is 59.8 Å². The summed E-state index contributed by atoms with van der Waals surface area (Å²) < 4.78 is 26.3. The molecule has 0 saturated carbocycles. The van der Waals surface area contributed by atoms with Gasteiger partial charge in [0.2, 0.25) is 10.0 Å². The number of aryl methyl sites for hydroxylation is 1. The Labute approximate surface area is 193 Å². The van der Waals surface area contributed by atoms with Crippen molar-refractivity contribution in [3.8, 4) is 0 Å². The molecule has 1 aliphatic heterocycles. The zero-order valence-corrected chi connectivity index (χ0v) is 20.8. The molecule has 2 aromatic rings. The van der Waals surface area contributed by atoms with Crippen LogP contribution in [0.2, 0.25) is 0 Å². The first-order chi connectivity index (χ1) is 15.0. The number of Topliss-reactive ketones (excluding diaryl/α,β-unsaturated/α-hetero) is 1. The number of piperidine rings is 1. The molecule has 6 nitrogen and oxygen atoms in total. The van der Waals surface area contributed by atoms with Gasteiger partial charge in [0.15, 0.2) is 0 Å². The van der Waals surface area contributed by atoms with Crippen molar-refractivity contribution in [3.63, 3.8) is 0 Å². The normalized spacial score (nSPS) is 17.6. The lowest BCUT2D eigenvalue weighted by molar-refractivity contribution is -0.120. The number of carbonyl (C=O) groups excluding carboxylic acids is 1. The molecule has 1 unspecified atom stereocenters. The Kier molecular flexibility index (Phi) is 8.17. The monoisotopic (exact) mass is 461 g/mol. The molecule has 178 valence electrons. The van der Waals surface area contributed by atoms with E-state index in [-0.39, 0.29) is 11.5 Å². The molecule has 1 saturated heterocycles. The van der Waals surface area contributed by atoms with Gasteiger partial charge in [-0.3, -0.25) is 4.79 Å². The molecule has 3 rings (SSSR count). The molecule has 0 spiro atoms. The van der Waals surface area contributed by atoms with Gasteiger partial charge in [0.1, 0.15) is 5.78 Å². The van der Waals surface area contributed by atoms with Crippen molar-refractivity contribution in [3.05, 3.63) is 36.0 Å². The molecule has 0 aliphatic carbocycles. The summed E-state index contributed by atoms with van der Waals surface area (Å²) in [5.41, 5.74) is 2.29. The van der Waals surface area contributed by atoms with E-state index in [4.69, 9.17) is 0 Å². The first-order valence-electron chi connectivity index (χ1n) is 11.8. The Morgan fingerprint density at radius 1 is 1.22 bits per heavy atom. The van der Waals surface area contributed by atoms with Crippen LogP contribution in [0.15, 0.2) is 30.5 Å². The highest BCUT2D eigenvalue weighted by molar-refractivity contribution is 7.88. The number of H-pyrrole nitrogens is 1. The maximum absolute atomic E-state index is 12.6. The summed E-state index contributed by atoms with van der Waals surface area (Å²) >= 11 is 0. The highest BCUT2D eigenvalue weighted by atomic mass is 32.2. The number of para-hydroxylation sites is 1. The van der Waals surface area contributed by atoms with Crippen molar-refractivity contribution >= 4 is 26.7 Å². The lowest BCUT2D eigenvalue weighted by Gasteiger charge is -2.38. The third-order valence-electron chi connectivity index (χ3n) is 6.64.